The summed E-state index contributed by atoms with van der Waals surface area (Å²) in [5.74, 6) is 0.734. The fraction of sp³-hybridized carbons (Fsp3) is 0.917. The molecule has 1 rings (SSSR count). The standard InChI is InChI=1S/C12H25N3O/c1-5-14-12(16)11-8-13-6-7-15(11)10(4)9(2)3/h9-11,13H,5-8H2,1-4H3,(H,14,16). The Morgan fingerprint density at radius 3 is 2.75 bits per heavy atom. The lowest BCUT2D eigenvalue weighted by molar-refractivity contribution is -0.128. The maximum atomic E-state index is 11.9. The number of nitrogens with zero attached hydrogens (tertiary/aromatic N) is 1. The van der Waals surface area contributed by atoms with E-state index in [0.717, 1.165) is 19.6 Å². The van der Waals surface area contributed by atoms with Crippen LogP contribution < -0.4 is 10.6 Å². The zero-order valence-electron chi connectivity index (χ0n) is 10.9. The van der Waals surface area contributed by atoms with Gasteiger partial charge in [-0.2, -0.15) is 0 Å². The van der Waals surface area contributed by atoms with E-state index < -0.39 is 0 Å². The van der Waals surface area contributed by atoms with Crippen LogP contribution in [0.25, 0.3) is 0 Å². The van der Waals surface area contributed by atoms with Gasteiger partial charge in [0, 0.05) is 32.2 Å². The zero-order chi connectivity index (χ0) is 12.1. The van der Waals surface area contributed by atoms with Crippen LogP contribution in [0.4, 0.5) is 0 Å². The molecule has 1 fully saturated rings. The Kier molecular flexibility index (Phi) is 5.22. The van der Waals surface area contributed by atoms with Gasteiger partial charge < -0.3 is 10.6 Å². The minimum absolute atomic E-state index is 0.00824. The van der Waals surface area contributed by atoms with Crippen molar-refractivity contribution in [3.05, 3.63) is 0 Å². The molecule has 1 saturated heterocycles. The normalized spacial score (nSPS) is 24.4. The van der Waals surface area contributed by atoms with E-state index in [-0.39, 0.29) is 11.9 Å². The van der Waals surface area contributed by atoms with Gasteiger partial charge in [0.1, 0.15) is 6.04 Å². The minimum atomic E-state index is -0.00824. The quantitative estimate of drug-likeness (QED) is 0.732. The molecule has 1 aliphatic heterocycles. The van der Waals surface area contributed by atoms with Crippen molar-refractivity contribution in [2.45, 2.75) is 39.8 Å². The Morgan fingerprint density at radius 2 is 2.19 bits per heavy atom. The van der Waals surface area contributed by atoms with Crippen molar-refractivity contribution in [3.8, 4) is 0 Å². The number of hydrogen-bond acceptors (Lipinski definition) is 3. The molecule has 2 N–H and O–H groups in total. The van der Waals surface area contributed by atoms with E-state index in [4.69, 9.17) is 0 Å². The van der Waals surface area contributed by atoms with Crippen molar-refractivity contribution in [3.63, 3.8) is 0 Å². The van der Waals surface area contributed by atoms with Gasteiger partial charge in [0.25, 0.3) is 0 Å². The van der Waals surface area contributed by atoms with Crippen LogP contribution >= 0.6 is 0 Å². The fourth-order valence-electron chi connectivity index (χ4n) is 2.13. The number of piperazine rings is 1. The van der Waals surface area contributed by atoms with Crippen LogP contribution in [0.2, 0.25) is 0 Å². The summed E-state index contributed by atoms with van der Waals surface area (Å²) >= 11 is 0. The molecule has 2 atom stereocenters. The average Bonchev–Trinajstić information content (AvgIpc) is 2.28. The molecule has 2 unspecified atom stereocenters. The first-order valence-corrected chi connectivity index (χ1v) is 6.32. The van der Waals surface area contributed by atoms with E-state index in [1.165, 1.54) is 0 Å². The molecule has 0 radical (unpaired) electrons. The molecule has 0 aromatic rings. The molecule has 4 heteroatoms. The van der Waals surface area contributed by atoms with Gasteiger partial charge >= 0.3 is 0 Å². The van der Waals surface area contributed by atoms with Crippen molar-refractivity contribution in [2.75, 3.05) is 26.2 Å². The SMILES string of the molecule is CCNC(=O)C1CNCCN1C(C)C(C)C. The van der Waals surface area contributed by atoms with Gasteiger partial charge in [0.05, 0.1) is 0 Å². The summed E-state index contributed by atoms with van der Waals surface area (Å²) in [6.07, 6.45) is 0. The second-order valence-corrected chi connectivity index (χ2v) is 4.84. The van der Waals surface area contributed by atoms with Gasteiger partial charge in [-0.3, -0.25) is 9.69 Å². The Balaban J connectivity index is 2.66. The molecule has 94 valence electrons. The predicted molar refractivity (Wildman–Crippen MR) is 66.3 cm³/mol. The van der Waals surface area contributed by atoms with E-state index in [9.17, 15) is 4.79 Å². The van der Waals surface area contributed by atoms with E-state index >= 15 is 0 Å². The Hall–Kier alpha value is -0.610. The first kappa shape index (κ1) is 13.5. The molecule has 0 aromatic heterocycles. The monoisotopic (exact) mass is 227 g/mol. The van der Waals surface area contributed by atoms with Crippen LogP contribution in [0.1, 0.15) is 27.7 Å². The van der Waals surface area contributed by atoms with Crippen molar-refractivity contribution in [1.29, 1.82) is 0 Å². The fourth-order valence-corrected chi connectivity index (χ4v) is 2.13. The lowest BCUT2D eigenvalue weighted by Crippen LogP contribution is -2.61. The zero-order valence-corrected chi connectivity index (χ0v) is 10.9. The average molecular weight is 227 g/mol. The van der Waals surface area contributed by atoms with Crippen LogP contribution in [-0.2, 0) is 4.79 Å². The van der Waals surface area contributed by atoms with Gasteiger partial charge in [0.2, 0.25) is 5.91 Å². The molecule has 0 bridgehead atoms. The van der Waals surface area contributed by atoms with E-state index in [2.05, 4.69) is 36.3 Å². The second-order valence-electron chi connectivity index (χ2n) is 4.84. The van der Waals surface area contributed by atoms with Crippen LogP contribution in [0.15, 0.2) is 0 Å². The van der Waals surface area contributed by atoms with Gasteiger partial charge in [-0.1, -0.05) is 13.8 Å². The summed E-state index contributed by atoms with van der Waals surface area (Å²) < 4.78 is 0. The molecule has 0 saturated carbocycles. The number of carbonyl (C=O) groups excluding carboxylic acids is 1. The second kappa shape index (κ2) is 6.21. The van der Waals surface area contributed by atoms with Crippen LogP contribution in [0, 0.1) is 5.92 Å². The maximum absolute atomic E-state index is 11.9. The molecular formula is C12H25N3O. The highest BCUT2D eigenvalue weighted by atomic mass is 16.2. The highest BCUT2D eigenvalue weighted by Crippen LogP contribution is 2.15. The molecule has 1 amide bonds. The van der Waals surface area contributed by atoms with E-state index in [1.807, 2.05) is 6.92 Å². The van der Waals surface area contributed by atoms with E-state index in [1.54, 1.807) is 0 Å². The molecule has 0 aliphatic carbocycles. The van der Waals surface area contributed by atoms with Crippen LogP contribution in [-0.4, -0.2) is 49.1 Å². The third-order valence-electron chi connectivity index (χ3n) is 3.43. The number of amides is 1. The number of nitrogens with one attached hydrogen (secondary N) is 2. The van der Waals surface area contributed by atoms with Gasteiger partial charge in [0.15, 0.2) is 0 Å². The summed E-state index contributed by atoms with van der Waals surface area (Å²) in [6.45, 7) is 12.0. The number of carbonyl (C=O) groups is 1. The third-order valence-corrected chi connectivity index (χ3v) is 3.43. The highest BCUT2D eigenvalue weighted by Gasteiger charge is 2.32. The summed E-state index contributed by atoms with van der Waals surface area (Å²) in [6, 6.07) is 0.445. The lowest BCUT2D eigenvalue weighted by Gasteiger charge is -2.40. The Labute approximate surface area is 98.8 Å². The Bertz CT molecular complexity index is 230. The maximum Gasteiger partial charge on any atom is 0.238 e. The van der Waals surface area contributed by atoms with E-state index in [0.29, 0.717) is 18.5 Å². The largest absolute Gasteiger partial charge is 0.355 e. The summed E-state index contributed by atoms with van der Waals surface area (Å²) in [5.41, 5.74) is 0. The van der Waals surface area contributed by atoms with Crippen LogP contribution in [0.5, 0.6) is 0 Å². The minimum Gasteiger partial charge on any atom is -0.355 e. The molecule has 0 aromatic carbocycles. The molecule has 1 heterocycles. The summed E-state index contributed by atoms with van der Waals surface area (Å²) in [5, 5.41) is 6.21. The van der Waals surface area contributed by atoms with Gasteiger partial charge in [-0.05, 0) is 19.8 Å². The van der Waals surface area contributed by atoms with Gasteiger partial charge in [-0.15, -0.1) is 0 Å². The van der Waals surface area contributed by atoms with Crippen molar-refractivity contribution in [2.24, 2.45) is 5.92 Å². The number of rotatable bonds is 4. The highest BCUT2D eigenvalue weighted by molar-refractivity contribution is 5.82. The van der Waals surface area contributed by atoms with Gasteiger partial charge in [-0.25, -0.2) is 0 Å². The molecule has 16 heavy (non-hydrogen) atoms. The lowest BCUT2D eigenvalue weighted by atomic mass is 10.0. The summed E-state index contributed by atoms with van der Waals surface area (Å²) in [4.78, 5) is 14.3. The third kappa shape index (κ3) is 3.19. The van der Waals surface area contributed by atoms with Crippen molar-refractivity contribution < 1.29 is 4.79 Å². The topological polar surface area (TPSA) is 44.4 Å². The molecular weight excluding hydrogens is 202 g/mol. The summed E-state index contributed by atoms with van der Waals surface area (Å²) in [7, 11) is 0. The first-order valence-electron chi connectivity index (χ1n) is 6.32. The Morgan fingerprint density at radius 1 is 1.50 bits per heavy atom. The van der Waals surface area contributed by atoms with Crippen molar-refractivity contribution in [1.82, 2.24) is 15.5 Å². The molecule has 4 nitrogen and oxygen atoms in total. The smallest absolute Gasteiger partial charge is 0.238 e. The predicted octanol–water partition coefficient (Wildman–Crippen LogP) is 0.441. The van der Waals surface area contributed by atoms with Crippen LogP contribution in [0.3, 0.4) is 0 Å². The van der Waals surface area contributed by atoms with Crippen molar-refractivity contribution >= 4 is 5.91 Å². The molecule has 0 spiro atoms. The number of likely N-dealkylation sites (N-methyl/N-ethyl adjacent to an activating group) is 1. The molecule has 1 aliphatic rings. The number of hydrogen-bond donors (Lipinski definition) is 2. The first-order chi connectivity index (χ1) is 7.57.